The number of nitrogens with one attached hydrogen (secondary N) is 1. The molecule has 6 rings (SSSR count). The number of para-hydroxylation sites is 2. The highest BCUT2D eigenvalue weighted by Crippen LogP contribution is 2.56. The van der Waals surface area contributed by atoms with E-state index in [0.717, 1.165) is 11.4 Å². The Morgan fingerprint density at radius 2 is 1.64 bits per heavy atom. The van der Waals surface area contributed by atoms with Gasteiger partial charge in [-0.25, -0.2) is 0 Å². The molecule has 6 nitrogen and oxygen atoms in total. The van der Waals surface area contributed by atoms with Crippen LogP contribution in [0.1, 0.15) is 24.8 Å². The molecule has 1 atom stereocenters. The van der Waals surface area contributed by atoms with Crippen LogP contribution in [0.3, 0.4) is 0 Å². The van der Waals surface area contributed by atoms with Crippen molar-refractivity contribution in [3.8, 4) is 6.07 Å². The maximum atomic E-state index is 13.8. The number of carbonyl (C=O) groups excluding carboxylic acids is 2. The molecule has 2 aliphatic heterocycles. The van der Waals surface area contributed by atoms with Crippen LogP contribution in [-0.4, -0.2) is 16.3 Å². The molecule has 1 amide bonds. The number of allylic oxidation sites excluding steroid dienone is 1. The first-order chi connectivity index (χ1) is 16.2. The third kappa shape index (κ3) is 2.48. The van der Waals surface area contributed by atoms with Crippen LogP contribution in [-0.2, 0) is 15.0 Å². The van der Waals surface area contributed by atoms with E-state index in [2.05, 4.69) is 11.4 Å². The number of benzene rings is 2. The lowest BCUT2D eigenvalue weighted by Crippen LogP contribution is -2.49. The molecule has 1 aromatic heterocycles. The monoisotopic (exact) mass is 432 g/mol. The molecule has 3 heterocycles. The topological polar surface area (TPSA) is 78.1 Å². The van der Waals surface area contributed by atoms with Gasteiger partial charge in [-0.2, -0.15) is 5.26 Å². The van der Waals surface area contributed by atoms with Gasteiger partial charge in [-0.1, -0.05) is 36.4 Å². The predicted octanol–water partition coefficient (Wildman–Crippen LogP) is 4.60. The largest absolute Gasteiger partial charge is 0.324 e. The van der Waals surface area contributed by atoms with Crippen molar-refractivity contribution >= 4 is 28.9 Å². The van der Waals surface area contributed by atoms with Crippen molar-refractivity contribution in [3.63, 3.8) is 0 Å². The second-order valence-corrected chi connectivity index (χ2v) is 8.42. The summed E-state index contributed by atoms with van der Waals surface area (Å²) >= 11 is 0. The zero-order chi connectivity index (χ0) is 22.6. The number of Topliss-reactive ketones (excluding diaryl/α,β-unsaturated/α-hetero) is 1. The Labute approximate surface area is 191 Å². The summed E-state index contributed by atoms with van der Waals surface area (Å²) in [6, 6.07) is 23.2. The smallest absolute Gasteiger partial charge is 0.245 e. The van der Waals surface area contributed by atoms with Crippen LogP contribution in [0.2, 0.25) is 0 Å². The summed E-state index contributed by atoms with van der Waals surface area (Å²) < 4.78 is 1.87. The minimum Gasteiger partial charge on any atom is -0.324 e. The first-order valence-electron chi connectivity index (χ1n) is 11.0. The zero-order valence-corrected chi connectivity index (χ0v) is 17.8. The lowest BCUT2D eigenvalue weighted by Gasteiger charge is -2.44. The Morgan fingerprint density at radius 1 is 0.909 bits per heavy atom. The number of carbonyl (C=O) groups is 2. The molecule has 0 fully saturated rings. The third-order valence-corrected chi connectivity index (χ3v) is 6.74. The number of anilines is 2. The Balaban J connectivity index is 1.79. The third-order valence-electron chi connectivity index (χ3n) is 6.74. The summed E-state index contributed by atoms with van der Waals surface area (Å²) in [6.45, 7) is 0. The van der Waals surface area contributed by atoms with Gasteiger partial charge in [0.05, 0.1) is 5.57 Å². The summed E-state index contributed by atoms with van der Waals surface area (Å²) in [5.74, 6) is 0.151. The van der Waals surface area contributed by atoms with E-state index in [1.807, 2.05) is 88.6 Å². The van der Waals surface area contributed by atoms with Crippen molar-refractivity contribution in [1.29, 1.82) is 5.26 Å². The molecule has 0 bridgehead atoms. The number of hydrogen-bond acceptors (Lipinski definition) is 4. The molecule has 2 aromatic carbocycles. The summed E-state index contributed by atoms with van der Waals surface area (Å²) in [5.41, 5.74) is 2.13. The normalized spacial score (nSPS) is 21.7. The molecule has 0 radical (unpaired) electrons. The fourth-order valence-electron chi connectivity index (χ4n) is 5.47. The van der Waals surface area contributed by atoms with E-state index in [1.54, 1.807) is 0 Å². The number of fused-ring (bicyclic) bond motifs is 3. The summed E-state index contributed by atoms with van der Waals surface area (Å²) in [6.07, 6.45) is 5.42. The molecular formula is C27H20N4O2. The first-order valence-corrected chi connectivity index (χ1v) is 11.0. The maximum Gasteiger partial charge on any atom is 0.245 e. The Hall–Kier alpha value is -4.37. The van der Waals surface area contributed by atoms with E-state index < -0.39 is 5.41 Å². The molecule has 6 heteroatoms. The average Bonchev–Trinajstić information content (AvgIpc) is 3.47. The van der Waals surface area contributed by atoms with Crippen LogP contribution < -0.4 is 10.2 Å². The number of amides is 1. The van der Waals surface area contributed by atoms with E-state index in [9.17, 15) is 14.9 Å². The van der Waals surface area contributed by atoms with Crippen LogP contribution in [0, 0.1) is 11.3 Å². The minimum absolute atomic E-state index is 0.0802. The van der Waals surface area contributed by atoms with Crippen LogP contribution >= 0.6 is 0 Å². The lowest BCUT2D eigenvalue weighted by molar-refractivity contribution is -0.122. The van der Waals surface area contributed by atoms with Crippen molar-refractivity contribution in [2.45, 2.75) is 24.7 Å². The van der Waals surface area contributed by atoms with Crippen molar-refractivity contribution in [2.24, 2.45) is 0 Å². The van der Waals surface area contributed by atoms with Crippen molar-refractivity contribution in [3.05, 3.63) is 102 Å². The number of nitriles is 1. The van der Waals surface area contributed by atoms with Gasteiger partial charge in [-0.15, -0.1) is 0 Å². The minimum atomic E-state index is -1.47. The van der Waals surface area contributed by atoms with Crippen LogP contribution in [0.15, 0.2) is 96.0 Å². The second-order valence-electron chi connectivity index (χ2n) is 8.42. The quantitative estimate of drug-likeness (QED) is 0.642. The second kappa shape index (κ2) is 7.07. The fraction of sp³-hybridized carbons (Fsp3) is 0.148. The molecule has 1 N–H and O–H groups in total. The van der Waals surface area contributed by atoms with Crippen LogP contribution in [0.5, 0.6) is 0 Å². The van der Waals surface area contributed by atoms with E-state index >= 15 is 0 Å². The van der Waals surface area contributed by atoms with E-state index in [0.29, 0.717) is 41.9 Å². The van der Waals surface area contributed by atoms with Crippen LogP contribution in [0.25, 0.3) is 5.82 Å². The standard InChI is InChI=1S/C27H20N4O2/c28-17-20-25(30-15-6-7-16-30)31(18-9-2-1-3-10-18)22-13-8-14-23(32)24(22)27(20)19-11-4-5-12-21(19)29-26(27)33/h1-7,9-12,15-16H,8,13-14H2,(H,29,33)/t27-/m1/s1. The van der Waals surface area contributed by atoms with Crippen molar-refractivity contribution < 1.29 is 9.59 Å². The SMILES string of the molecule is N#CC1=C(n2cccc2)N(c2ccccc2)C2=C(C(=O)CCC2)[C@]12C(=O)Nc1ccccc12. The number of hydrogen-bond donors (Lipinski definition) is 1. The highest BCUT2D eigenvalue weighted by molar-refractivity contribution is 6.21. The predicted molar refractivity (Wildman–Crippen MR) is 125 cm³/mol. The van der Waals surface area contributed by atoms with Gasteiger partial charge in [-0.3, -0.25) is 14.5 Å². The summed E-state index contributed by atoms with van der Waals surface area (Å²) in [7, 11) is 0. The van der Waals surface area contributed by atoms with Crippen molar-refractivity contribution in [2.75, 3.05) is 10.2 Å². The molecular weight excluding hydrogens is 412 g/mol. The molecule has 0 saturated heterocycles. The summed E-state index contributed by atoms with van der Waals surface area (Å²) in [5, 5.41) is 13.6. The van der Waals surface area contributed by atoms with Gasteiger partial charge in [0.1, 0.15) is 17.3 Å². The molecule has 0 unspecified atom stereocenters. The highest BCUT2D eigenvalue weighted by atomic mass is 16.2. The van der Waals surface area contributed by atoms with Crippen LogP contribution in [0.4, 0.5) is 11.4 Å². The molecule has 3 aromatic rings. The Kier molecular flexibility index (Phi) is 4.14. The van der Waals surface area contributed by atoms with Gasteiger partial charge in [-0.05, 0) is 43.2 Å². The van der Waals surface area contributed by atoms with Crippen molar-refractivity contribution in [1.82, 2.24) is 4.57 Å². The Bertz CT molecular complexity index is 1410. The van der Waals surface area contributed by atoms with Gasteiger partial charge < -0.3 is 9.88 Å². The Morgan fingerprint density at radius 3 is 2.39 bits per heavy atom. The molecule has 0 saturated carbocycles. The lowest BCUT2D eigenvalue weighted by atomic mass is 9.63. The van der Waals surface area contributed by atoms with E-state index in [1.165, 1.54) is 0 Å². The number of nitrogens with zero attached hydrogens (tertiary/aromatic N) is 3. The first kappa shape index (κ1) is 19.3. The number of rotatable bonds is 2. The van der Waals surface area contributed by atoms with Gasteiger partial charge >= 0.3 is 0 Å². The molecule has 160 valence electrons. The van der Waals surface area contributed by atoms with Gasteiger partial charge in [0, 0.05) is 47.0 Å². The zero-order valence-electron chi connectivity index (χ0n) is 17.8. The number of aromatic nitrogens is 1. The molecule has 33 heavy (non-hydrogen) atoms. The average molecular weight is 432 g/mol. The van der Waals surface area contributed by atoms with Gasteiger partial charge in [0.15, 0.2) is 5.78 Å². The molecule has 1 spiro atoms. The molecule has 3 aliphatic rings. The number of ketones is 1. The van der Waals surface area contributed by atoms with E-state index in [4.69, 9.17) is 0 Å². The fourth-order valence-corrected chi connectivity index (χ4v) is 5.47. The summed E-state index contributed by atoms with van der Waals surface area (Å²) in [4.78, 5) is 29.4. The maximum absolute atomic E-state index is 13.8. The van der Waals surface area contributed by atoms with Gasteiger partial charge in [0.25, 0.3) is 0 Å². The van der Waals surface area contributed by atoms with E-state index in [-0.39, 0.29) is 17.3 Å². The molecule has 1 aliphatic carbocycles. The highest BCUT2D eigenvalue weighted by Gasteiger charge is 2.60. The van der Waals surface area contributed by atoms with Gasteiger partial charge in [0.2, 0.25) is 5.91 Å².